The number of fused-ring (bicyclic) bond motifs is 12. The number of nitrogens with zero attached hydrogens (tertiary/aromatic N) is 1. The molecule has 0 aliphatic heterocycles. The highest BCUT2D eigenvalue weighted by Crippen LogP contribution is 2.66. The van der Waals surface area contributed by atoms with Crippen molar-refractivity contribution in [2.75, 3.05) is 4.90 Å². The summed E-state index contributed by atoms with van der Waals surface area (Å²) in [6.07, 6.45) is 6.49. The Kier molecular flexibility index (Phi) is 7.17. The van der Waals surface area contributed by atoms with E-state index in [0.717, 1.165) is 39.4 Å². The molecule has 0 fully saturated rings. The van der Waals surface area contributed by atoms with Crippen LogP contribution in [0.4, 0.5) is 17.1 Å². The van der Waals surface area contributed by atoms with Crippen molar-refractivity contribution in [2.45, 2.75) is 12.3 Å². The van der Waals surface area contributed by atoms with Gasteiger partial charge < -0.3 is 9.32 Å². The lowest BCUT2D eigenvalue weighted by atomic mass is 9.68. The van der Waals surface area contributed by atoms with Crippen molar-refractivity contribution in [3.8, 4) is 22.5 Å². The monoisotopic (exact) mass is 715 g/mol. The van der Waals surface area contributed by atoms with E-state index in [2.05, 4.69) is 213 Å². The minimum Gasteiger partial charge on any atom is -0.456 e. The molecule has 0 saturated heterocycles. The van der Waals surface area contributed by atoms with Crippen LogP contribution in [0.25, 0.3) is 60.5 Å². The molecule has 8 aromatic carbocycles. The average Bonchev–Trinajstić information content (AvgIpc) is 3.88. The summed E-state index contributed by atoms with van der Waals surface area (Å²) < 4.78 is 6.82. The molecule has 0 N–H and O–H groups in total. The molecule has 56 heavy (non-hydrogen) atoms. The second-order valence-corrected chi connectivity index (χ2v) is 14.7. The van der Waals surface area contributed by atoms with Gasteiger partial charge in [0.05, 0.1) is 11.1 Å². The number of hydrogen-bond acceptors (Lipinski definition) is 2. The topological polar surface area (TPSA) is 16.4 Å². The molecule has 2 aliphatic carbocycles. The molecule has 2 heteroatoms. The molecule has 0 saturated carbocycles. The van der Waals surface area contributed by atoms with Crippen LogP contribution in [0.15, 0.2) is 211 Å². The number of rotatable bonds is 6. The molecule has 2 aliphatic rings. The first-order valence-electron chi connectivity index (χ1n) is 19.3. The van der Waals surface area contributed by atoms with Gasteiger partial charge in [-0.1, -0.05) is 158 Å². The van der Waals surface area contributed by atoms with Crippen molar-refractivity contribution in [2.24, 2.45) is 0 Å². The number of benzene rings is 8. The van der Waals surface area contributed by atoms with Crippen LogP contribution in [0.1, 0.15) is 29.2 Å². The average molecular weight is 716 g/mol. The molecule has 1 spiro atoms. The zero-order chi connectivity index (χ0) is 37.4. The summed E-state index contributed by atoms with van der Waals surface area (Å²) in [5, 5.41) is 6.17. The van der Waals surface area contributed by atoms with Gasteiger partial charge in [0.2, 0.25) is 0 Å². The maximum atomic E-state index is 6.82. The van der Waals surface area contributed by atoms with E-state index in [-0.39, 0.29) is 0 Å². The maximum Gasteiger partial charge on any atom is 0.140 e. The molecule has 1 heterocycles. The molecule has 11 rings (SSSR count). The Morgan fingerprint density at radius 2 is 1.21 bits per heavy atom. The van der Waals surface area contributed by atoms with Gasteiger partial charge in [-0.2, -0.15) is 0 Å². The second kappa shape index (κ2) is 12.4. The largest absolute Gasteiger partial charge is 0.456 e. The zero-order valence-corrected chi connectivity index (χ0v) is 31.0. The third-order valence-electron chi connectivity index (χ3n) is 11.9. The van der Waals surface area contributed by atoms with Crippen LogP contribution in [0.5, 0.6) is 0 Å². The van der Waals surface area contributed by atoms with E-state index in [1.807, 2.05) is 0 Å². The van der Waals surface area contributed by atoms with Gasteiger partial charge in [0.15, 0.2) is 0 Å². The molecule has 0 radical (unpaired) electrons. The lowest BCUT2D eigenvalue weighted by Gasteiger charge is -2.36. The van der Waals surface area contributed by atoms with Gasteiger partial charge in [-0.25, -0.2) is 0 Å². The number of hydrogen-bond donors (Lipinski definition) is 0. The highest BCUT2D eigenvalue weighted by molar-refractivity contribution is 6.14. The van der Waals surface area contributed by atoms with Crippen molar-refractivity contribution >= 4 is 55.1 Å². The summed E-state index contributed by atoms with van der Waals surface area (Å²) in [6.45, 7) is 6.62. The van der Waals surface area contributed by atoms with E-state index in [0.29, 0.717) is 0 Å². The Bertz CT molecular complexity index is 3110. The Hall–Kier alpha value is -7.16. The van der Waals surface area contributed by atoms with E-state index >= 15 is 0 Å². The fourth-order valence-corrected chi connectivity index (χ4v) is 9.81. The smallest absolute Gasteiger partial charge is 0.140 e. The third-order valence-corrected chi connectivity index (χ3v) is 11.9. The molecule has 9 aromatic rings. The van der Waals surface area contributed by atoms with Gasteiger partial charge in [-0.15, -0.1) is 0 Å². The van der Waals surface area contributed by atoms with Gasteiger partial charge >= 0.3 is 0 Å². The summed E-state index contributed by atoms with van der Waals surface area (Å²) in [5.41, 5.74) is 14.2. The first-order chi connectivity index (χ1) is 27.7. The Labute approximate surface area is 326 Å². The predicted molar refractivity (Wildman–Crippen MR) is 235 cm³/mol. The van der Waals surface area contributed by atoms with Crippen molar-refractivity contribution < 1.29 is 4.42 Å². The Balaban J connectivity index is 1.18. The summed E-state index contributed by atoms with van der Waals surface area (Å²) in [5.74, 6) is 0.932. The molecule has 264 valence electrons. The summed E-state index contributed by atoms with van der Waals surface area (Å²) in [6, 6.07) is 63.7. The first kappa shape index (κ1) is 32.3. The standard InChI is InChI=1S/C54H37NO/c1-3-17-42-43-26-16-28-49(51(43)54(47(42)4-2)48-27-14-12-24-44(48)53-52(54)45-25-13-15-29-50(45)56-53)55(37-19-6-5-7-20-37)38-32-30-35(31-33-38)46-34-36-18-8-9-21-39(36)40-22-10-11-23-41(40)46/h3-34H,2H2,1H3/b17-3-. The van der Waals surface area contributed by atoms with Gasteiger partial charge in [-0.05, 0) is 104 Å². The predicted octanol–water partition coefficient (Wildman–Crippen LogP) is 14.7. The van der Waals surface area contributed by atoms with Crippen LogP contribution in [-0.2, 0) is 5.41 Å². The highest BCUT2D eigenvalue weighted by atomic mass is 16.3. The fourth-order valence-electron chi connectivity index (χ4n) is 9.81. The maximum absolute atomic E-state index is 6.82. The number of allylic oxidation sites excluding steroid dienone is 5. The SMILES string of the molecule is C=CC1=C(/C=C\C)c2cccc(N(c3ccccc3)c3ccc(-c4cc5ccccc5c5ccccc45)cc3)c2C12c1ccccc1-c1oc3ccccc3c12. The van der Waals surface area contributed by atoms with E-state index in [1.165, 1.54) is 66.1 Å². The van der Waals surface area contributed by atoms with Crippen molar-refractivity contribution in [1.82, 2.24) is 0 Å². The lowest BCUT2D eigenvalue weighted by molar-refractivity contribution is 0.628. The summed E-state index contributed by atoms with van der Waals surface area (Å²) >= 11 is 0. The van der Waals surface area contributed by atoms with Crippen LogP contribution in [0, 0.1) is 0 Å². The van der Waals surface area contributed by atoms with E-state index < -0.39 is 5.41 Å². The van der Waals surface area contributed by atoms with Crippen molar-refractivity contribution in [3.05, 3.63) is 229 Å². The normalized spacial score (nSPS) is 15.6. The minimum absolute atomic E-state index is 0.669. The van der Waals surface area contributed by atoms with Gasteiger partial charge in [0.25, 0.3) is 0 Å². The van der Waals surface area contributed by atoms with Crippen LogP contribution in [-0.4, -0.2) is 0 Å². The second-order valence-electron chi connectivity index (χ2n) is 14.7. The van der Waals surface area contributed by atoms with E-state index in [1.54, 1.807) is 0 Å². The lowest BCUT2D eigenvalue weighted by Crippen LogP contribution is -2.29. The summed E-state index contributed by atoms with van der Waals surface area (Å²) in [4.78, 5) is 2.44. The molecule has 1 atom stereocenters. The first-order valence-corrected chi connectivity index (χ1v) is 19.3. The van der Waals surface area contributed by atoms with Crippen LogP contribution in [0.2, 0.25) is 0 Å². The summed E-state index contributed by atoms with van der Waals surface area (Å²) in [7, 11) is 0. The number of furan rings is 1. The molecular formula is C54H37NO. The van der Waals surface area contributed by atoms with Gasteiger partial charge in [0, 0.05) is 33.5 Å². The molecule has 1 unspecified atom stereocenters. The fraction of sp³-hybridized carbons (Fsp3) is 0.0370. The molecular weight excluding hydrogens is 679 g/mol. The molecule has 0 amide bonds. The minimum atomic E-state index is -0.669. The Morgan fingerprint density at radius 3 is 2.02 bits per heavy atom. The van der Waals surface area contributed by atoms with Crippen molar-refractivity contribution in [1.29, 1.82) is 0 Å². The third kappa shape index (κ3) is 4.38. The van der Waals surface area contributed by atoms with Crippen LogP contribution >= 0.6 is 0 Å². The van der Waals surface area contributed by atoms with Gasteiger partial charge in [-0.3, -0.25) is 0 Å². The van der Waals surface area contributed by atoms with Crippen molar-refractivity contribution in [3.63, 3.8) is 0 Å². The quantitative estimate of drug-likeness (QED) is 0.159. The van der Waals surface area contributed by atoms with Gasteiger partial charge in [0.1, 0.15) is 11.3 Å². The van der Waals surface area contributed by atoms with Crippen LogP contribution in [0.3, 0.4) is 0 Å². The van der Waals surface area contributed by atoms with E-state index in [9.17, 15) is 0 Å². The van der Waals surface area contributed by atoms with E-state index in [4.69, 9.17) is 4.42 Å². The zero-order valence-electron chi connectivity index (χ0n) is 31.0. The molecule has 0 bridgehead atoms. The van der Waals surface area contributed by atoms with Crippen LogP contribution < -0.4 is 4.90 Å². The number of para-hydroxylation sites is 2. The molecule has 1 aromatic heterocycles. The molecule has 2 nitrogen and oxygen atoms in total. The highest BCUT2D eigenvalue weighted by Gasteiger charge is 2.56. The number of anilines is 3. The Morgan fingerprint density at radius 1 is 0.554 bits per heavy atom.